The van der Waals surface area contributed by atoms with Crippen LogP contribution < -0.4 is 10.1 Å². The average Bonchev–Trinajstić information content (AvgIpc) is 3.29. The van der Waals surface area contributed by atoms with Crippen LogP contribution in [0.15, 0.2) is 45.8 Å². The second-order valence-electron chi connectivity index (χ2n) is 9.22. The summed E-state index contributed by atoms with van der Waals surface area (Å²) in [4.78, 5) is 20.9. The predicted octanol–water partition coefficient (Wildman–Crippen LogP) is 3.91. The highest BCUT2D eigenvalue weighted by Gasteiger charge is 2.43. The normalized spacial score (nSPS) is 28.5. The lowest BCUT2D eigenvalue weighted by Gasteiger charge is -2.38. The number of amides is 1. The number of aliphatic imine (C=N–C) groups is 1. The fourth-order valence-electron chi connectivity index (χ4n) is 5.39. The SMILES string of the molecule is N=C1CN(C(=O)c2ccc(F)cc2O[C@H]2C[C@H]3CC[C@@H](C2)N3CC(F)F)C/C1=C1\N=CC(Cl)=CN1. The van der Waals surface area contributed by atoms with Gasteiger partial charge in [-0.2, -0.15) is 0 Å². The van der Waals surface area contributed by atoms with Gasteiger partial charge >= 0.3 is 0 Å². The summed E-state index contributed by atoms with van der Waals surface area (Å²) in [5.74, 6) is -0.322. The Morgan fingerprint density at radius 1 is 1.26 bits per heavy atom. The summed E-state index contributed by atoms with van der Waals surface area (Å²) in [5.41, 5.74) is 1.02. The summed E-state index contributed by atoms with van der Waals surface area (Å²) in [5, 5.41) is 11.7. The lowest BCUT2D eigenvalue weighted by molar-refractivity contribution is 0.00717. The molecule has 5 rings (SSSR count). The number of alkyl halides is 2. The van der Waals surface area contributed by atoms with E-state index < -0.39 is 12.2 Å². The van der Waals surface area contributed by atoms with Gasteiger partial charge in [-0.3, -0.25) is 9.69 Å². The molecule has 11 heteroatoms. The molecule has 4 heterocycles. The van der Waals surface area contributed by atoms with Crippen LogP contribution in [0.25, 0.3) is 0 Å². The van der Waals surface area contributed by atoms with Crippen LogP contribution in [0.3, 0.4) is 0 Å². The number of ether oxygens (including phenoxy) is 1. The van der Waals surface area contributed by atoms with E-state index >= 15 is 0 Å². The van der Waals surface area contributed by atoms with Crippen molar-refractivity contribution in [2.75, 3.05) is 19.6 Å². The third kappa shape index (κ3) is 4.95. The number of nitrogens with one attached hydrogen (secondary N) is 2. The van der Waals surface area contributed by atoms with Crippen LogP contribution in [0, 0.1) is 11.2 Å². The van der Waals surface area contributed by atoms with Crippen LogP contribution in [0.1, 0.15) is 36.0 Å². The van der Waals surface area contributed by atoms with Crippen LogP contribution in [-0.2, 0) is 0 Å². The maximum absolute atomic E-state index is 14.1. The Morgan fingerprint density at radius 2 is 2.00 bits per heavy atom. The number of carbonyl (C=O) groups is 1. The van der Waals surface area contributed by atoms with Crippen molar-refractivity contribution in [1.29, 1.82) is 5.41 Å². The van der Waals surface area contributed by atoms with Gasteiger partial charge in [-0.05, 0) is 37.8 Å². The van der Waals surface area contributed by atoms with Gasteiger partial charge < -0.3 is 20.4 Å². The molecule has 0 aliphatic carbocycles. The molecule has 2 N–H and O–H groups in total. The smallest absolute Gasteiger partial charge is 0.258 e. The van der Waals surface area contributed by atoms with Gasteiger partial charge in [0.05, 0.1) is 35.9 Å². The molecule has 3 atom stereocenters. The minimum absolute atomic E-state index is 0.000186. The minimum Gasteiger partial charge on any atom is -0.489 e. The van der Waals surface area contributed by atoms with Crippen molar-refractivity contribution in [3.05, 3.63) is 52.2 Å². The van der Waals surface area contributed by atoms with Gasteiger partial charge in [0.2, 0.25) is 0 Å². The monoisotopic (exact) mass is 507 g/mol. The van der Waals surface area contributed by atoms with E-state index in [1.54, 1.807) is 6.20 Å². The number of hydrogen-bond acceptors (Lipinski definition) is 6. The molecule has 0 aromatic heterocycles. The Bertz CT molecular complexity index is 1120. The van der Waals surface area contributed by atoms with E-state index in [2.05, 4.69) is 10.3 Å². The Hall–Kier alpha value is -2.85. The lowest BCUT2D eigenvalue weighted by Crippen LogP contribution is -2.48. The molecule has 0 unspecified atom stereocenters. The van der Waals surface area contributed by atoms with Crippen LogP contribution >= 0.6 is 11.6 Å². The Morgan fingerprint density at radius 3 is 2.66 bits per heavy atom. The number of piperidine rings is 1. The molecule has 3 saturated heterocycles. The summed E-state index contributed by atoms with van der Waals surface area (Å²) in [6.45, 7) is 0.000482. The molecule has 186 valence electrons. The third-order valence-electron chi connectivity index (χ3n) is 6.96. The van der Waals surface area contributed by atoms with Crippen molar-refractivity contribution in [3.63, 3.8) is 0 Å². The fourth-order valence-corrected chi connectivity index (χ4v) is 5.49. The summed E-state index contributed by atoms with van der Waals surface area (Å²) >= 11 is 5.87. The van der Waals surface area contributed by atoms with Crippen LogP contribution in [0.2, 0.25) is 0 Å². The highest BCUT2D eigenvalue weighted by atomic mass is 35.5. The number of allylic oxidation sites excluding steroid dienone is 1. The molecule has 1 amide bonds. The number of halogens is 4. The summed E-state index contributed by atoms with van der Waals surface area (Å²) in [6, 6.07) is 3.79. The van der Waals surface area contributed by atoms with Crippen molar-refractivity contribution in [2.45, 2.75) is 50.3 Å². The van der Waals surface area contributed by atoms with Crippen molar-refractivity contribution in [3.8, 4) is 5.75 Å². The zero-order valence-corrected chi connectivity index (χ0v) is 19.6. The zero-order chi connectivity index (χ0) is 24.7. The first-order chi connectivity index (χ1) is 16.8. The number of nitrogens with zero attached hydrogens (tertiary/aromatic N) is 3. The van der Waals surface area contributed by atoms with Crippen molar-refractivity contribution in [1.82, 2.24) is 15.1 Å². The molecule has 1 aromatic carbocycles. The first-order valence-electron chi connectivity index (χ1n) is 11.5. The number of rotatable bonds is 5. The molecule has 0 saturated carbocycles. The number of likely N-dealkylation sites (tertiary alicyclic amines) is 1. The largest absolute Gasteiger partial charge is 0.489 e. The van der Waals surface area contributed by atoms with E-state index in [9.17, 15) is 18.0 Å². The Kier molecular flexibility index (Phi) is 6.59. The first kappa shape index (κ1) is 23.9. The zero-order valence-electron chi connectivity index (χ0n) is 18.8. The highest BCUT2D eigenvalue weighted by Crippen LogP contribution is 2.38. The van der Waals surface area contributed by atoms with E-state index in [1.807, 2.05) is 4.90 Å². The molecular weight excluding hydrogens is 483 g/mol. The molecule has 35 heavy (non-hydrogen) atoms. The number of benzene rings is 1. The standard InChI is InChI=1S/C24H25ClF3N5O2/c25-13-8-30-23(31-9-13)19-10-32(11-20(19)29)24(34)18-4-1-14(26)5-21(18)35-17-6-15-2-3-16(7-17)33(15)12-22(27)28/h1,4-5,8-9,15-17,22,29-30H,2-3,6-7,10-12H2/b23-19+,29-20?/t15-,16+,17+. The molecule has 3 fully saturated rings. The topological polar surface area (TPSA) is 81.0 Å². The maximum Gasteiger partial charge on any atom is 0.258 e. The fraction of sp³-hybridized carbons (Fsp3) is 0.458. The van der Waals surface area contributed by atoms with Crippen molar-refractivity contribution >= 4 is 29.4 Å². The second-order valence-corrected chi connectivity index (χ2v) is 9.66. The van der Waals surface area contributed by atoms with Crippen molar-refractivity contribution in [2.24, 2.45) is 4.99 Å². The third-order valence-corrected chi connectivity index (χ3v) is 7.16. The van der Waals surface area contributed by atoms with Crippen LogP contribution in [0.4, 0.5) is 13.2 Å². The van der Waals surface area contributed by atoms with Gasteiger partial charge in [0.1, 0.15) is 23.5 Å². The van der Waals surface area contributed by atoms with Crippen LogP contribution in [-0.4, -0.2) is 71.9 Å². The van der Waals surface area contributed by atoms with E-state index in [0.29, 0.717) is 29.3 Å². The average molecular weight is 508 g/mol. The molecule has 4 aliphatic rings. The highest BCUT2D eigenvalue weighted by molar-refractivity contribution is 6.39. The van der Waals surface area contributed by atoms with Gasteiger partial charge in [-0.15, -0.1) is 0 Å². The predicted molar refractivity (Wildman–Crippen MR) is 126 cm³/mol. The molecule has 0 radical (unpaired) electrons. The molecular formula is C24H25ClF3N5O2. The van der Waals surface area contributed by atoms with Gasteiger partial charge in [-0.1, -0.05) is 11.6 Å². The Balaban J connectivity index is 1.32. The van der Waals surface area contributed by atoms with E-state index in [4.69, 9.17) is 21.7 Å². The quantitative estimate of drug-likeness (QED) is 0.633. The van der Waals surface area contributed by atoms with E-state index in [-0.39, 0.29) is 60.8 Å². The van der Waals surface area contributed by atoms with Crippen LogP contribution in [0.5, 0.6) is 5.75 Å². The summed E-state index contributed by atoms with van der Waals surface area (Å²) in [7, 11) is 0. The van der Waals surface area contributed by atoms with Crippen molar-refractivity contribution < 1.29 is 22.7 Å². The van der Waals surface area contributed by atoms with Gasteiger partial charge in [0, 0.05) is 36.1 Å². The number of hydrogen-bond donors (Lipinski definition) is 2. The second kappa shape index (κ2) is 9.66. The lowest BCUT2D eigenvalue weighted by atomic mass is 9.99. The number of carbonyl (C=O) groups excluding carboxylic acids is 1. The number of fused-ring (bicyclic) bond motifs is 2. The summed E-state index contributed by atoms with van der Waals surface area (Å²) < 4.78 is 46.2. The van der Waals surface area contributed by atoms with Gasteiger partial charge in [-0.25, -0.2) is 18.2 Å². The molecule has 0 spiro atoms. The molecule has 4 aliphatic heterocycles. The first-order valence-corrected chi connectivity index (χ1v) is 11.9. The maximum atomic E-state index is 14.1. The summed E-state index contributed by atoms with van der Waals surface area (Å²) in [6.07, 6.45) is 3.11. The van der Waals surface area contributed by atoms with Gasteiger partial charge in [0.25, 0.3) is 12.3 Å². The molecule has 7 nitrogen and oxygen atoms in total. The van der Waals surface area contributed by atoms with E-state index in [0.717, 1.165) is 12.8 Å². The molecule has 1 aromatic rings. The molecule has 2 bridgehead atoms. The Labute approximate surface area is 205 Å². The van der Waals surface area contributed by atoms with Gasteiger partial charge in [0.15, 0.2) is 0 Å². The van der Waals surface area contributed by atoms with E-state index in [1.165, 1.54) is 29.3 Å². The minimum atomic E-state index is -2.38.